The first-order valence-electron chi connectivity index (χ1n) is 4.23. The Kier molecular flexibility index (Phi) is 2.89. The SMILES string of the molecule is Fc1ccc(-c2c(Cl)cncc2Cl)cc1. The van der Waals surface area contributed by atoms with Gasteiger partial charge < -0.3 is 0 Å². The van der Waals surface area contributed by atoms with Crippen molar-refractivity contribution in [3.8, 4) is 11.1 Å². The Morgan fingerprint density at radius 3 is 2.00 bits per heavy atom. The van der Waals surface area contributed by atoms with E-state index in [1.165, 1.54) is 24.5 Å². The number of aromatic nitrogens is 1. The number of nitrogens with zero attached hydrogens (tertiary/aromatic N) is 1. The third kappa shape index (κ3) is 2.11. The van der Waals surface area contributed by atoms with Crippen LogP contribution in [0.4, 0.5) is 4.39 Å². The van der Waals surface area contributed by atoms with E-state index in [1.807, 2.05) is 0 Å². The number of hydrogen-bond acceptors (Lipinski definition) is 1. The maximum atomic E-state index is 12.7. The second kappa shape index (κ2) is 4.17. The molecule has 0 saturated heterocycles. The molecule has 0 radical (unpaired) electrons. The van der Waals surface area contributed by atoms with Gasteiger partial charge in [0.2, 0.25) is 0 Å². The van der Waals surface area contributed by atoms with Gasteiger partial charge in [0.25, 0.3) is 0 Å². The number of pyridine rings is 1. The molecule has 2 aromatic rings. The second-order valence-corrected chi connectivity index (χ2v) is 3.80. The van der Waals surface area contributed by atoms with E-state index >= 15 is 0 Å². The molecule has 2 rings (SSSR count). The van der Waals surface area contributed by atoms with E-state index in [4.69, 9.17) is 23.2 Å². The van der Waals surface area contributed by atoms with E-state index in [0.717, 1.165) is 5.56 Å². The fourth-order valence-corrected chi connectivity index (χ4v) is 1.89. The number of benzene rings is 1. The predicted molar refractivity (Wildman–Crippen MR) is 59.7 cm³/mol. The molecule has 1 heterocycles. The first-order valence-corrected chi connectivity index (χ1v) is 4.99. The minimum Gasteiger partial charge on any atom is -0.262 e. The Bertz CT molecular complexity index is 462. The summed E-state index contributed by atoms with van der Waals surface area (Å²) in [6.07, 6.45) is 3.01. The molecule has 1 nitrogen and oxygen atoms in total. The minimum absolute atomic E-state index is 0.292. The first-order chi connectivity index (χ1) is 7.18. The zero-order valence-electron chi connectivity index (χ0n) is 7.55. The van der Waals surface area contributed by atoms with Crippen molar-refractivity contribution in [1.29, 1.82) is 0 Å². The van der Waals surface area contributed by atoms with Gasteiger partial charge in [-0.3, -0.25) is 4.98 Å². The van der Waals surface area contributed by atoms with Gasteiger partial charge in [-0.25, -0.2) is 4.39 Å². The molecular weight excluding hydrogens is 236 g/mol. The van der Waals surface area contributed by atoms with E-state index < -0.39 is 0 Å². The van der Waals surface area contributed by atoms with Crippen molar-refractivity contribution in [2.45, 2.75) is 0 Å². The van der Waals surface area contributed by atoms with Gasteiger partial charge in [-0.05, 0) is 17.7 Å². The highest BCUT2D eigenvalue weighted by Crippen LogP contribution is 2.33. The third-order valence-electron chi connectivity index (χ3n) is 1.99. The summed E-state index contributed by atoms with van der Waals surface area (Å²) in [5.41, 5.74) is 1.45. The highest BCUT2D eigenvalue weighted by atomic mass is 35.5. The summed E-state index contributed by atoms with van der Waals surface area (Å²) in [5.74, 6) is -0.292. The van der Waals surface area contributed by atoms with Crippen LogP contribution in [-0.2, 0) is 0 Å². The van der Waals surface area contributed by atoms with Crippen LogP contribution in [0.15, 0.2) is 36.7 Å². The normalized spacial score (nSPS) is 10.3. The van der Waals surface area contributed by atoms with Crippen LogP contribution in [0.2, 0.25) is 10.0 Å². The van der Waals surface area contributed by atoms with Crippen molar-refractivity contribution in [3.63, 3.8) is 0 Å². The molecule has 0 aliphatic rings. The van der Waals surface area contributed by atoms with Crippen molar-refractivity contribution >= 4 is 23.2 Å². The van der Waals surface area contributed by atoms with Crippen molar-refractivity contribution < 1.29 is 4.39 Å². The lowest BCUT2D eigenvalue weighted by Crippen LogP contribution is -1.84. The summed E-state index contributed by atoms with van der Waals surface area (Å²) in [7, 11) is 0. The molecule has 1 aromatic heterocycles. The molecule has 15 heavy (non-hydrogen) atoms. The quantitative estimate of drug-likeness (QED) is 0.730. The van der Waals surface area contributed by atoms with Gasteiger partial charge in [-0.15, -0.1) is 0 Å². The summed E-state index contributed by atoms with van der Waals surface area (Å²) in [4.78, 5) is 3.85. The molecule has 4 heteroatoms. The summed E-state index contributed by atoms with van der Waals surface area (Å²) in [6, 6.07) is 5.98. The lowest BCUT2D eigenvalue weighted by atomic mass is 10.1. The number of rotatable bonds is 1. The number of halogens is 3. The molecule has 0 atom stereocenters. The summed E-state index contributed by atoms with van der Waals surface area (Å²) >= 11 is 11.9. The Morgan fingerprint density at radius 2 is 1.47 bits per heavy atom. The van der Waals surface area contributed by atoms with Crippen LogP contribution in [0.1, 0.15) is 0 Å². The van der Waals surface area contributed by atoms with Crippen LogP contribution in [-0.4, -0.2) is 4.98 Å². The minimum atomic E-state index is -0.292. The highest BCUT2D eigenvalue weighted by Gasteiger charge is 2.08. The van der Waals surface area contributed by atoms with Crippen LogP contribution in [0.5, 0.6) is 0 Å². The average Bonchev–Trinajstić information content (AvgIpc) is 2.20. The molecule has 0 spiro atoms. The highest BCUT2D eigenvalue weighted by molar-refractivity contribution is 6.38. The summed E-state index contributed by atoms with van der Waals surface area (Å²) in [6.45, 7) is 0. The molecule has 1 aromatic carbocycles. The van der Waals surface area contributed by atoms with Crippen LogP contribution < -0.4 is 0 Å². The standard InChI is InChI=1S/C11H6Cl2FN/c12-9-5-15-6-10(13)11(9)7-1-3-8(14)4-2-7/h1-6H. The molecule has 0 amide bonds. The van der Waals surface area contributed by atoms with E-state index in [0.29, 0.717) is 15.6 Å². The zero-order valence-corrected chi connectivity index (χ0v) is 9.06. The lowest BCUT2D eigenvalue weighted by molar-refractivity contribution is 0.628. The Morgan fingerprint density at radius 1 is 0.933 bits per heavy atom. The van der Waals surface area contributed by atoms with E-state index in [9.17, 15) is 4.39 Å². The topological polar surface area (TPSA) is 12.9 Å². The van der Waals surface area contributed by atoms with Crippen LogP contribution in [0.25, 0.3) is 11.1 Å². The Labute approximate surface area is 96.5 Å². The zero-order chi connectivity index (χ0) is 10.8. The smallest absolute Gasteiger partial charge is 0.123 e. The predicted octanol–water partition coefficient (Wildman–Crippen LogP) is 4.19. The van der Waals surface area contributed by atoms with Gasteiger partial charge in [0.05, 0.1) is 10.0 Å². The third-order valence-corrected chi connectivity index (χ3v) is 2.56. The van der Waals surface area contributed by atoms with Crippen molar-refractivity contribution in [1.82, 2.24) is 4.98 Å². The van der Waals surface area contributed by atoms with Gasteiger partial charge in [0, 0.05) is 18.0 Å². The number of hydrogen-bond donors (Lipinski definition) is 0. The Balaban J connectivity index is 2.58. The summed E-state index contributed by atoms with van der Waals surface area (Å²) in [5, 5.41) is 0.906. The van der Waals surface area contributed by atoms with Crippen LogP contribution in [0.3, 0.4) is 0 Å². The van der Waals surface area contributed by atoms with Gasteiger partial charge in [0.1, 0.15) is 5.82 Å². The van der Waals surface area contributed by atoms with Gasteiger partial charge in [-0.1, -0.05) is 35.3 Å². The molecule has 0 aliphatic carbocycles. The molecule has 0 fully saturated rings. The molecule has 0 aliphatic heterocycles. The maximum absolute atomic E-state index is 12.7. The van der Waals surface area contributed by atoms with E-state index in [1.54, 1.807) is 12.1 Å². The van der Waals surface area contributed by atoms with Gasteiger partial charge in [0.15, 0.2) is 0 Å². The fraction of sp³-hybridized carbons (Fsp3) is 0. The lowest BCUT2D eigenvalue weighted by Gasteiger charge is -2.05. The van der Waals surface area contributed by atoms with Crippen LogP contribution >= 0.6 is 23.2 Å². The van der Waals surface area contributed by atoms with Gasteiger partial charge in [-0.2, -0.15) is 0 Å². The van der Waals surface area contributed by atoms with E-state index in [2.05, 4.69) is 4.98 Å². The summed E-state index contributed by atoms with van der Waals surface area (Å²) < 4.78 is 12.7. The Hall–Kier alpha value is -1.12. The molecule has 0 unspecified atom stereocenters. The second-order valence-electron chi connectivity index (χ2n) is 2.99. The molecule has 76 valence electrons. The first kappa shape index (κ1) is 10.4. The maximum Gasteiger partial charge on any atom is 0.123 e. The molecular formula is C11H6Cl2FN. The van der Waals surface area contributed by atoms with E-state index in [-0.39, 0.29) is 5.82 Å². The largest absolute Gasteiger partial charge is 0.262 e. The van der Waals surface area contributed by atoms with Crippen molar-refractivity contribution in [2.75, 3.05) is 0 Å². The molecule has 0 N–H and O–H groups in total. The fourth-order valence-electron chi connectivity index (χ4n) is 1.30. The van der Waals surface area contributed by atoms with Crippen molar-refractivity contribution in [2.24, 2.45) is 0 Å². The van der Waals surface area contributed by atoms with Crippen LogP contribution in [0, 0.1) is 5.82 Å². The molecule has 0 saturated carbocycles. The van der Waals surface area contributed by atoms with Gasteiger partial charge >= 0.3 is 0 Å². The monoisotopic (exact) mass is 241 g/mol. The average molecular weight is 242 g/mol. The molecule has 0 bridgehead atoms. The van der Waals surface area contributed by atoms with Crippen molar-refractivity contribution in [3.05, 3.63) is 52.5 Å².